The molecule has 1 amide bonds. The van der Waals surface area contributed by atoms with Gasteiger partial charge in [0.15, 0.2) is 0 Å². The largest absolute Gasteiger partial charge is 0.444 e. The number of ether oxygens (including phenoxy) is 2. The van der Waals surface area contributed by atoms with Crippen molar-refractivity contribution in [2.75, 3.05) is 19.7 Å². The normalized spacial score (nSPS) is 19.4. The van der Waals surface area contributed by atoms with Crippen LogP contribution in [0.1, 0.15) is 32.6 Å². The first-order valence-electron chi connectivity index (χ1n) is 7.45. The number of rotatable bonds is 1. The maximum Gasteiger partial charge on any atom is 0.410 e. The molecule has 1 fully saturated rings. The number of nitrogens with zero attached hydrogens (tertiary/aromatic N) is 3. The summed E-state index contributed by atoms with van der Waals surface area (Å²) in [5, 5.41) is 0. The Morgan fingerprint density at radius 2 is 2.23 bits per heavy atom. The van der Waals surface area contributed by atoms with Gasteiger partial charge in [0.2, 0.25) is 0 Å². The summed E-state index contributed by atoms with van der Waals surface area (Å²) in [7, 11) is 0. The van der Waals surface area contributed by atoms with E-state index in [1.54, 1.807) is 11.1 Å². The minimum atomic E-state index is -0.492. The van der Waals surface area contributed by atoms with Gasteiger partial charge in [0, 0.05) is 12.7 Å². The monoisotopic (exact) mass is 303 g/mol. The first-order chi connectivity index (χ1) is 10.4. The van der Waals surface area contributed by atoms with Crippen molar-refractivity contribution >= 4 is 11.7 Å². The van der Waals surface area contributed by atoms with Gasteiger partial charge in [-0.05, 0) is 32.9 Å². The maximum atomic E-state index is 12.2. The molecule has 2 aromatic rings. The van der Waals surface area contributed by atoms with Crippen molar-refractivity contribution in [3.05, 3.63) is 36.3 Å². The molecule has 1 atom stereocenters. The van der Waals surface area contributed by atoms with E-state index in [-0.39, 0.29) is 12.2 Å². The highest BCUT2D eigenvalue weighted by molar-refractivity contribution is 5.68. The van der Waals surface area contributed by atoms with Crippen molar-refractivity contribution < 1.29 is 14.3 Å². The van der Waals surface area contributed by atoms with Gasteiger partial charge in [-0.3, -0.25) is 0 Å². The van der Waals surface area contributed by atoms with Crippen LogP contribution in [0.2, 0.25) is 0 Å². The molecular formula is C16H21N3O3. The molecule has 0 radical (unpaired) electrons. The molecule has 0 aliphatic carbocycles. The molecule has 1 unspecified atom stereocenters. The predicted octanol–water partition coefficient (Wildman–Crippen LogP) is 2.64. The Kier molecular flexibility index (Phi) is 3.78. The van der Waals surface area contributed by atoms with E-state index in [1.807, 2.05) is 49.6 Å². The molecule has 3 heterocycles. The van der Waals surface area contributed by atoms with Gasteiger partial charge in [-0.25, -0.2) is 9.78 Å². The van der Waals surface area contributed by atoms with E-state index < -0.39 is 5.60 Å². The Hall–Kier alpha value is -2.08. The van der Waals surface area contributed by atoms with Gasteiger partial charge in [0.05, 0.1) is 25.0 Å². The summed E-state index contributed by atoms with van der Waals surface area (Å²) in [6, 6.07) is 5.84. The van der Waals surface area contributed by atoms with Crippen molar-refractivity contribution in [1.29, 1.82) is 0 Å². The van der Waals surface area contributed by atoms with E-state index in [0.717, 1.165) is 11.3 Å². The van der Waals surface area contributed by atoms with Crippen molar-refractivity contribution in [2.45, 2.75) is 32.5 Å². The van der Waals surface area contributed by atoms with Gasteiger partial charge in [-0.2, -0.15) is 0 Å². The molecule has 2 aromatic heterocycles. The Labute approximate surface area is 129 Å². The lowest BCUT2D eigenvalue weighted by Crippen LogP contribution is -2.44. The summed E-state index contributed by atoms with van der Waals surface area (Å²) < 4.78 is 13.3. The topological polar surface area (TPSA) is 56.1 Å². The molecule has 3 rings (SSSR count). The summed E-state index contributed by atoms with van der Waals surface area (Å²) in [5.41, 5.74) is 1.33. The number of fused-ring (bicyclic) bond motifs is 1. The van der Waals surface area contributed by atoms with Gasteiger partial charge >= 0.3 is 6.09 Å². The highest BCUT2D eigenvalue weighted by Gasteiger charge is 2.30. The molecule has 22 heavy (non-hydrogen) atoms. The SMILES string of the molecule is CC(C)(C)OC(=O)N1CCOC(c2cnc3ccccn23)C1. The third kappa shape index (κ3) is 3.06. The number of carbonyl (C=O) groups excluding carboxylic acids is 1. The Morgan fingerprint density at radius 1 is 1.41 bits per heavy atom. The molecule has 1 aliphatic heterocycles. The standard InChI is InChI=1S/C16H21N3O3/c1-16(2,3)22-15(20)18-8-9-21-13(11-18)12-10-17-14-6-4-5-7-19(12)14/h4-7,10,13H,8-9,11H2,1-3H3. The van der Waals surface area contributed by atoms with Crippen LogP contribution in [0.4, 0.5) is 4.79 Å². The second-order valence-corrected chi connectivity index (χ2v) is 6.40. The van der Waals surface area contributed by atoms with Crippen molar-refractivity contribution in [1.82, 2.24) is 14.3 Å². The molecule has 1 saturated heterocycles. The van der Waals surface area contributed by atoms with E-state index in [9.17, 15) is 4.79 Å². The first-order valence-corrected chi connectivity index (χ1v) is 7.45. The number of aromatic nitrogens is 2. The molecule has 6 nitrogen and oxygen atoms in total. The van der Waals surface area contributed by atoms with E-state index in [2.05, 4.69) is 4.98 Å². The maximum absolute atomic E-state index is 12.2. The highest BCUT2D eigenvalue weighted by Crippen LogP contribution is 2.24. The Balaban J connectivity index is 1.77. The van der Waals surface area contributed by atoms with Crippen molar-refractivity contribution in [3.63, 3.8) is 0 Å². The van der Waals surface area contributed by atoms with Crippen LogP contribution in [-0.2, 0) is 9.47 Å². The highest BCUT2D eigenvalue weighted by atomic mass is 16.6. The second kappa shape index (κ2) is 5.61. The molecule has 0 spiro atoms. The van der Waals surface area contributed by atoms with Crippen LogP contribution in [0, 0.1) is 0 Å². The lowest BCUT2D eigenvalue weighted by atomic mass is 10.2. The lowest BCUT2D eigenvalue weighted by molar-refractivity contribution is -0.0449. The van der Waals surface area contributed by atoms with Crippen LogP contribution in [0.25, 0.3) is 5.65 Å². The third-order valence-electron chi connectivity index (χ3n) is 3.49. The molecule has 1 aliphatic rings. The predicted molar refractivity (Wildman–Crippen MR) is 81.7 cm³/mol. The number of imidazole rings is 1. The van der Waals surface area contributed by atoms with Gasteiger partial charge in [0.1, 0.15) is 17.4 Å². The van der Waals surface area contributed by atoms with Gasteiger partial charge in [0.25, 0.3) is 0 Å². The minimum absolute atomic E-state index is 0.196. The van der Waals surface area contributed by atoms with Crippen LogP contribution in [0.15, 0.2) is 30.6 Å². The Morgan fingerprint density at radius 3 is 3.00 bits per heavy atom. The minimum Gasteiger partial charge on any atom is -0.444 e. The molecule has 0 N–H and O–H groups in total. The van der Waals surface area contributed by atoms with E-state index in [0.29, 0.717) is 19.7 Å². The number of carbonyl (C=O) groups is 1. The summed E-state index contributed by atoms with van der Waals surface area (Å²) in [6.07, 6.45) is 3.26. The molecule has 0 saturated carbocycles. The third-order valence-corrected chi connectivity index (χ3v) is 3.49. The van der Waals surface area contributed by atoms with E-state index in [4.69, 9.17) is 9.47 Å². The number of hydrogen-bond acceptors (Lipinski definition) is 4. The van der Waals surface area contributed by atoms with Gasteiger partial charge < -0.3 is 18.8 Å². The fourth-order valence-electron chi connectivity index (χ4n) is 2.51. The second-order valence-electron chi connectivity index (χ2n) is 6.40. The van der Waals surface area contributed by atoms with Crippen molar-refractivity contribution in [2.24, 2.45) is 0 Å². The molecule has 0 aromatic carbocycles. The quantitative estimate of drug-likeness (QED) is 0.812. The van der Waals surface area contributed by atoms with E-state index in [1.165, 1.54) is 0 Å². The fourth-order valence-corrected chi connectivity index (χ4v) is 2.51. The molecule has 0 bridgehead atoms. The Bertz CT molecular complexity index is 675. The summed E-state index contributed by atoms with van der Waals surface area (Å²) >= 11 is 0. The van der Waals surface area contributed by atoms with Crippen LogP contribution < -0.4 is 0 Å². The molecular weight excluding hydrogens is 282 g/mol. The zero-order chi connectivity index (χ0) is 15.7. The smallest absolute Gasteiger partial charge is 0.410 e. The van der Waals surface area contributed by atoms with Crippen molar-refractivity contribution in [3.8, 4) is 0 Å². The lowest BCUT2D eigenvalue weighted by Gasteiger charge is -2.34. The summed E-state index contributed by atoms with van der Waals surface area (Å²) in [6.45, 7) is 7.11. The average Bonchev–Trinajstić information content (AvgIpc) is 2.89. The van der Waals surface area contributed by atoms with Crippen LogP contribution in [0.5, 0.6) is 0 Å². The van der Waals surface area contributed by atoms with E-state index >= 15 is 0 Å². The fraction of sp³-hybridized carbons (Fsp3) is 0.500. The average molecular weight is 303 g/mol. The number of morpholine rings is 1. The van der Waals surface area contributed by atoms with Gasteiger partial charge in [-0.15, -0.1) is 0 Å². The summed E-state index contributed by atoms with van der Waals surface area (Å²) in [4.78, 5) is 18.3. The number of hydrogen-bond donors (Lipinski definition) is 0. The first kappa shape index (κ1) is 14.8. The molecule has 118 valence electrons. The zero-order valence-corrected chi connectivity index (χ0v) is 13.2. The van der Waals surface area contributed by atoms with Gasteiger partial charge in [-0.1, -0.05) is 6.07 Å². The number of amides is 1. The van der Waals surface area contributed by atoms with Crippen LogP contribution >= 0.6 is 0 Å². The van der Waals surface area contributed by atoms with Crippen LogP contribution in [0.3, 0.4) is 0 Å². The zero-order valence-electron chi connectivity index (χ0n) is 13.2. The summed E-state index contributed by atoms with van der Waals surface area (Å²) in [5.74, 6) is 0. The molecule has 6 heteroatoms. The van der Waals surface area contributed by atoms with Crippen LogP contribution in [-0.4, -0.2) is 45.7 Å². The number of pyridine rings is 1.